The van der Waals surface area contributed by atoms with Crippen molar-refractivity contribution in [1.29, 1.82) is 0 Å². The highest BCUT2D eigenvalue weighted by atomic mass is 32.2. The van der Waals surface area contributed by atoms with E-state index < -0.39 is 37.2 Å². The summed E-state index contributed by atoms with van der Waals surface area (Å²) < 4.78 is 56.8. The minimum absolute atomic E-state index is 0.00842. The van der Waals surface area contributed by atoms with Crippen molar-refractivity contribution in [2.45, 2.75) is 23.3 Å². The van der Waals surface area contributed by atoms with Gasteiger partial charge in [0.05, 0.1) is 4.90 Å². The van der Waals surface area contributed by atoms with E-state index in [4.69, 9.17) is 4.84 Å². The molecule has 0 atom stereocenters. The van der Waals surface area contributed by atoms with Crippen molar-refractivity contribution in [3.8, 4) is 0 Å². The molecule has 0 bridgehead atoms. The first-order valence-corrected chi connectivity index (χ1v) is 9.51. The van der Waals surface area contributed by atoms with Crippen molar-refractivity contribution < 1.29 is 30.5 Å². The van der Waals surface area contributed by atoms with E-state index in [9.17, 15) is 21.6 Å². The van der Waals surface area contributed by atoms with Crippen LogP contribution in [-0.2, 0) is 31.3 Å². The Hall–Kier alpha value is -1.95. The molecular weight excluding hydrogens is 350 g/mol. The molecule has 0 aliphatic rings. The molecule has 0 aliphatic heterocycles. The van der Waals surface area contributed by atoms with E-state index >= 15 is 0 Å². The van der Waals surface area contributed by atoms with E-state index in [1.807, 2.05) is 0 Å². The lowest BCUT2D eigenvalue weighted by Crippen LogP contribution is -2.25. The van der Waals surface area contributed by atoms with Gasteiger partial charge < -0.3 is 8.83 Å². The molecule has 0 unspecified atom stereocenters. The second kappa shape index (κ2) is 6.28. The molecule has 0 radical (unpaired) electrons. The molecule has 1 aromatic carbocycles. The molecule has 9 nitrogen and oxygen atoms in total. The fourth-order valence-electron chi connectivity index (χ4n) is 1.70. The van der Waals surface area contributed by atoms with Gasteiger partial charge in [-0.25, -0.2) is 21.6 Å². The van der Waals surface area contributed by atoms with E-state index in [0.717, 1.165) is 12.3 Å². The zero-order chi connectivity index (χ0) is 17.3. The van der Waals surface area contributed by atoms with Crippen molar-refractivity contribution in [2.75, 3.05) is 6.26 Å². The monoisotopic (exact) mass is 363 g/mol. The van der Waals surface area contributed by atoms with Gasteiger partial charge in [0.15, 0.2) is 15.6 Å². The highest BCUT2D eigenvalue weighted by Crippen LogP contribution is 2.20. The normalized spacial score (nSPS) is 12.4. The van der Waals surface area contributed by atoms with Gasteiger partial charge >= 0.3 is 5.82 Å². The number of hydrogen-bond acceptors (Lipinski definition) is 8. The molecular formula is C12H13NO8S2. The first-order valence-electron chi connectivity index (χ1n) is 6.13. The van der Waals surface area contributed by atoms with Gasteiger partial charge in [-0.05, 0) is 19.1 Å². The molecule has 11 heteroatoms. The van der Waals surface area contributed by atoms with Gasteiger partial charge in [0.1, 0.15) is 17.3 Å². The summed E-state index contributed by atoms with van der Waals surface area (Å²) in [6.07, 6.45) is 0.895. The molecule has 1 heterocycles. The fraction of sp³-hybridized carbons (Fsp3) is 0.250. The minimum atomic E-state index is -4.25. The van der Waals surface area contributed by atoms with Crippen molar-refractivity contribution in [1.82, 2.24) is 4.89 Å². The SMILES string of the molecule is Cc1oc(=O)oc1CONS(=O)(=O)c1ccccc1S(C)(=O)=O. The Kier molecular flexibility index (Phi) is 4.75. The molecule has 23 heavy (non-hydrogen) atoms. The maximum atomic E-state index is 12.2. The second-order valence-electron chi connectivity index (χ2n) is 4.53. The zero-order valence-corrected chi connectivity index (χ0v) is 13.7. The third-order valence-electron chi connectivity index (χ3n) is 2.75. The van der Waals surface area contributed by atoms with Crippen LogP contribution in [-0.4, -0.2) is 23.1 Å². The summed E-state index contributed by atoms with van der Waals surface area (Å²) in [6, 6.07) is 5.08. The maximum Gasteiger partial charge on any atom is 0.519 e. The lowest BCUT2D eigenvalue weighted by atomic mass is 10.4. The molecule has 1 aromatic heterocycles. The third-order valence-corrected chi connectivity index (χ3v) is 5.30. The summed E-state index contributed by atoms with van der Waals surface area (Å²) in [5.74, 6) is -0.786. The standard InChI is InChI=1S/C12H13NO8S2/c1-8-9(21-12(14)20-8)7-19-13-23(17,18)11-6-4-3-5-10(11)22(2,15)16/h3-6,13H,7H2,1-2H3. The van der Waals surface area contributed by atoms with E-state index in [-0.39, 0.29) is 16.4 Å². The summed E-state index contributed by atoms with van der Waals surface area (Å²) >= 11 is 0. The van der Waals surface area contributed by atoms with Gasteiger partial charge in [-0.2, -0.15) is 0 Å². The van der Waals surface area contributed by atoms with Gasteiger partial charge in [0, 0.05) is 6.26 Å². The lowest BCUT2D eigenvalue weighted by molar-refractivity contribution is 0.0659. The van der Waals surface area contributed by atoms with Crippen LogP contribution >= 0.6 is 0 Å². The highest BCUT2D eigenvalue weighted by molar-refractivity contribution is 7.93. The number of nitrogens with one attached hydrogen (secondary N) is 1. The topological polar surface area (TPSA) is 133 Å². The quantitative estimate of drug-likeness (QED) is 0.727. The Morgan fingerprint density at radius 3 is 2.22 bits per heavy atom. The molecule has 0 aliphatic carbocycles. The second-order valence-corrected chi connectivity index (χ2v) is 8.13. The largest absolute Gasteiger partial charge is 0.519 e. The average molecular weight is 363 g/mol. The van der Waals surface area contributed by atoms with Crippen LogP contribution in [0.1, 0.15) is 11.5 Å². The molecule has 0 amide bonds. The van der Waals surface area contributed by atoms with Gasteiger partial charge in [-0.1, -0.05) is 17.0 Å². The predicted octanol–water partition coefficient (Wildman–Crippen LogP) is 0.355. The van der Waals surface area contributed by atoms with Crippen LogP contribution in [0.25, 0.3) is 0 Å². The van der Waals surface area contributed by atoms with E-state index in [1.54, 1.807) is 4.89 Å². The van der Waals surface area contributed by atoms with Crippen molar-refractivity contribution in [3.05, 3.63) is 46.4 Å². The first kappa shape index (κ1) is 17.4. The summed E-state index contributed by atoms with van der Waals surface area (Å²) in [6.45, 7) is 1.04. The van der Waals surface area contributed by atoms with Gasteiger partial charge in [0.25, 0.3) is 10.0 Å². The number of sulfone groups is 1. The average Bonchev–Trinajstić information content (AvgIpc) is 2.76. The third kappa shape index (κ3) is 4.07. The van der Waals surface area contributed by atoms with Crippen molar-refractivity contribution in [2.24, 2.45) is 0 Å². The van der Waals surface area contributed by atoms with Crippen molar-refractivity contribution >= 4 is 19.9 Å². The predicted molar refractivity (Wildman–Crippen MR) is 76.6 cm³/mol. The maximum absolute atomic E-state index is 12.2. The van der Waals surface area contributed by atoms with E-state index in [0.29, 0.717) is 0 Å². The van der Waals surface area contributed by atoms with E-state index in [1.165, 1.54) is 25.1 Å². The molecule has 2 aromatic rings. The molecule has 126 valence electrons. The molecule has 0 saturated carbocycles. The Morgan fingerprint density at radius 2 is 1.70 bits per heavy atom. The molecule has 2 rings (SSSR count). The van der Waals surface area contributed by atoms with Crippen LogP contribution in [0.5, 0.6) is 0 Å². The summed E-state index contributed by atoms with van der Waals surface area (Å²) in [7, 11) is -8.00. The lowest BCUT2D eigenvalue weighted by Gasteiger charge is -2.09. The highest BCUT2D eigenvalue weighted by Gasteiger charge is 2.24. The summed E-state index contributed by atoms with van der Waals surface area (Å²) in [4.78, 5) is 16.6. The van der Waals surface area contributed by atoms with Crippen LogP contribution in [0.3, 0.4) is 0 Å². The van der Waals surface area contributed by atoms with E-state index in [2.05, 4.69) is 8.83 Å². The minimum Gasteiger partial charge on any atom is -0.396 e. The zero-order valence-electron chi connectivity index (χ0n) is 12.1. The van der Waals surface area contributed by atoms with Crippen LogP contribution < -0.4 is 10.7 Å². The Labute approximate surface area is 131 Å². The summed E-state index contributed by atoms with van der Waals surface area (Å²) in [5, 5.41) is 0. The summed E-state index contributed by atoms with van der Waals surface area (Å²) in [5.41, 5.74) is 0. The van der Waals surface area contributed by atoms with Crippen LogP contribution in [0.4, 0.5) is 0 Å². The molecule has 0 fully saturated rings. The molecule has 0 spiro atoms. The number of aryl methyl sites for hydroxylation is 1. The van der Waals surface area contributed by atoms with Gasteiger partial charge in [-0.3, -0.25) is 4.84 Å². The molecule has 1 N–H and O–H groups in total. The number of rotatable bonds is 6. The Morgan fingerprint density at radius 1 is 1.09 bits per heavy atom. The van der Waals surface area contributed by atoms with Crippen LogP contribution in [0.15, 0.2) is 47.7 Å². The number of hydrogen-bond donors (Lipinski definition) is 1. The number of benzene rings is 1. The fourth-order valence-corrected chi connectivity index (χ4v) is 4.14. The smallest absolute Gasteiger partial charge is 0.396 e. The van der Waals surface area contributed by atoms with Gasteiger partial charge in [0.2, 0.25) is 0 Å². The Balaban J connectivity index is 2.20. The van der Waals surface area contributed by atoms with Crippen molar-refractivity contribution in [3.63, 3.8) is 0 Å². The van der Waals surface area contributed by atoms with Crippen LogP contribution in [0.2, 0.25) is 0 Å². The van der Waals surface area contributed by atoms with Crippen LogP contribution in [0, 0.1) is 6.92 Å². The first-order chi connectivity index (χ1) is 10.6. The van der Waals surface area contributed by atoms with Gasteiger partial charge in [-0.15, -0.1) is 0 Å². The Bertz CT molecular complexity index is 968. The number of sulfonamides is 1. The molecule has 0 saturated heterocycles.